The van der Waals surface area contributed by atoms with E-state index in [4.69, 9.17) is 0 Å². The van der Waals surface area contributed by atoms with Crippen molar-refractivity contribution >= 4 is 34.4 Å². The van der Waals surface area contributed by atoms with Crippen molar-refractivity contribution in [1.29, 1.82) is 0 Å². The quantitative estimate of drug-likeness (QED) is 0.702. The molecule has 0 bridgehead atoms. The number of nitrogens with zero attached hydrogens (tertiary/aromatic N) is 2. The lowest BCUT2D eigenvalue weighted by atomic mass is 10.3. The first-order chi connectivity index (χ1) is 11.6. The van der Waals surface area contributed by atoms with Crippen LogP contribution in [0.2, 0.25) is 0 Å². The van der Waals surface area contributed by atoms with Crippen molar-refractivity contribution in [3.63, 3.8) is 0 Å². The zero-order chi connectivity index (χ0) is 17.1. The average molecular weight is 343 g/mol. The highest BCUT2D eigenvalue weighted by atomic mass is 32.2. The van der Waals surface area contributed by atoms with E-state index in [1.165, 1.54) is 23.9 Å². The van der Waals surface area contributed by atoms with E-state index >= 15 is 0 Å². The molecule has 124 valence electrons. The van der Waals surface area contributed by atoms with Gasteiger partial charge in [-0.25, -0.2) is 9.37 Å². The number of carbonyl (C=O) groups excluding carboxylic acids is 1. The van der Waals surface area contributed by atoms with Crippen LogP contribution in [0.15, 0.2) is 53.7 Å². The highest BCUT2D eigenvalue weighted by Gasteiger charge is 2.19. The first kappa shape index (κ1) is 16.5. The molecule has 1 N–H and O–H groups in total. The van der Waals surface area contributed by atoms with Gasteiger partial charge in [-0.05, 0) is 50.2 Å². The molecule has 1 aromatic heterocycles. The zero-order valence-electron chi connectivity index (χ0n) is 13.5. The van der Waals surface area contributed by atoms with Gasteiger partial charge in [-0.2, -0.15) is 0 Å². The Balaban J connectivity index is 1.75. The molecule has 0 aliphatic heterocycles. The summed E-state index contributed by atoms with van der Waals surface area (Å²) in [6.07, 6.45) is 0. The highest BCUT2D eigenvalue weighted by molar-refractivity contribution is 8.00. The van der Waals surface area contributed by atoms with Crippen molar-refractivity contribution in [2.24, 2.45) is 0 Å². The molecular formula is C18H18FN3OS. The van der Waals surface area contributed by atoms with Crippen molar-refractivity contribution in [3.05, 3.63) is 54.3 Å². The molecule has 0 spiro atoms. The lowest BCUT2D eigenvalue weighted by Gasteiger charge is -2.12. The van der Waals surface area contributed by atoms with Gasteiger partial charge < -0.3 is 9.88 Å². The summed E-state index contributed by atoms with van der Waals surface area (Å²) in [5, 5.41) is 3.29. The molecule has 6 heteroatoms. The Bertz CT molecular complexity index is 860. The Labute approximate surface area is 144 Å². The number of imidazole rings is 1. The molecule has 0 saturated heterocycles. The summed E-state index contributed by atoms with van der Waals surface area (Å²) in [5.41, 5.74) is 2.57. The fourth-order valence-corrected chi connectivity index (χ4v) is 3.43. The zero-order valence-corrected chi connectivity index (χ0v) is 14.3. The van der Waals surface area contributed by atoms with Crippen LogP contribution in [-0.2, 0) is 11.3 Å². The fourth-order valence-electron chi connectivity index (χ4n) is 2.44. The number of nitrogens with one attached hydrogen (secondary N) is 1. The summed E-state index contributed by atoms with van der Waals surface area (Å²) >= 11 is 1.42. The molecule has 0 radical (unpaired) electrons. The molecule has 0 saturated carbocycles. The Morgan fingerprint density at radius 1 is 1.25 bits per heavy atom. The van der Waals surface area contributed by atoms with Gasteiger partial charge in [-0.1, -0.05) is 23.9 Å². The second kappa shape index (κ2) is 7.05. The van der Waals surface area contributed by atoms with Crippen molar-refractivity contribution < 1.29 is 9.18 Å². The summed E-state index contributed by atoms with van der Waals surface area (Å²) in [5.74, 6) is -0.464. The Morgan fingerprint density at radius 2 is 1.96 bits per heavy atom. The van der Waals surface area contributed by atoms with Crippen molar-refractivity contribution in [2.75, 3.05) is 5.32 Å². The molecule has 3 aromatic rings. The number of thioether (sulfide) groups is 1. The maximum absolute atomic E-state index is 12.9. The SMILES string of the molecule is CCn1c(S[C@H](C)C(=O)Nc2ccc(F)cc2)nc2ccccc21. The van der Waals surface area contributed by atoms with Crippen LogP contribution in [0, 0.1) is 5.82 Å². The molecule has 1 heterocycles. The normalized spacial score (nSPS) is 12.3. The molecule has 24 heavy (non-hydrogen) atoms. The monoisotopic (exact) mass is 343 g/mol. The summed E-state index contributed by atoms with van der Waals surface area (Å²) in [6.45, 7) is 4.68. The van der Waals surface area contributed by atoms with Crippen LogP contribution >= 0.6 is 11.8 Å². The predicted octanol–water partition coefficient (Wildman–Crippen LogP) is 4.31. The summed E-state index contributed by atoms with van der Waals surface area (Å²) in [6, 6.07) is 13.7. The first-order valence-electron chi connectivity index (χ1n) is 7.77. The van der Waals surface area contributed by atoms with Crippen molar-refractivity contribution in [3.8, 4) is 0 Å². The van der Waals surface area contributed by atoms with E-state index in [1.807, 2.05) is 31.2 Å². The lowest BCUT2D eigenvalue weighted by Crippen LogP contribution is -2.22. The van der Waals surface area contributed by atoms with Gasteiger partial charge in [0, 0.05) is 12.2 Å². The fraction of sp³-hybridized carbons (Fsp3) is 0.222. The number of benzene rings is 2. The van der Waals surface area contributed by atoms with Gasteiger partial charge in [-0.15, -0.1) is 0 Å². The number of amides is 1. The van der Waals surface area contributed by atoms with Crippen molar-refractivity contribution in [1.82, 2.24) is 9.55 Å². The standard InChI is InChI=1S/C18H18FN3OS/c1-3-22-16-7-5-4-6-15(16)21-18(22)24-12(2)17(23)20-14-10-8-13(19)9-11-14/h4-12H,3H2,1-2H3,(H,20,23)/t12-/m1/s1. The second-order valence-corrected chi connectivity index (χ2v) is 6.69. The van der Waals surface area contributed by atoms with Gasteiger partial charge in [-0.3, -0.25) is 4.79 Å². The lowest BCUT2D eigenvalue weighted by molar-refractivity contribution is -0.115. The molecule has 1 atom stereocenters. The molecule has 0 unspecified atom stereocenters. The third-order valence-electron chi connectivity index (χ3n) is 3.70. The maximum Gasteiger partial charge on any atom is 0.237 e. The molecule has 3 rings (SSSR count). The number of rotatable bonds is 5. The summed E-state index contributed by atoms with van der Waals surface area (Å²) < 4.78 is 15.0. The minimum atomic E-state index is -0.327. The van der Waals surface area contributed by atoms with E-state index in [1.54, 1.807) is 12.1 Å². The van der Waals surface area contributed by atoms with Gasteiger partial charge in [0.15, 0.2) is 5.16 Å². The van der Waals surface area contributed by atoms with Crippen LogP contribution in [0.4, 0.5) is 10.1 Å². The maximum atomic E-state index is 12.9. The Kier molecular flexibility index (Phi) is 4.85. The highest BCUT2D eigenvalue weighted by Crippen LogP contribution is 2.27. The second-order valence-electron chi connectivity index (χ2n) is 5.38. The van der Waals surface area contributed by atoms with Crippen LogP contribution in [0.3, 0.4) is 0 Å². The van der Waals surface area contributed by atoms with E-state index in [0.29, 0.717) is 5.69 Å². The van der Waals surface area contributed by atoms with E-state index in [0.717, 1.165) is 22.7 Å². The number of halogens is 1. The van der Waals surface area contributed by atoms with E-state index in [-0.39, 0.29) is 17.0 Å². The number of fused-ring (bicyclic) bond motifs is 1. The molecule has 0 aliphatic carbocycles. The minimum Gasteiger partial charge on any atom is -0.325 e. The number of aryl methyl sites for hydroxylation is 1. The van der Waals surface area contributed by atoms with Crippen LogP contribution < -0.4 is 5.32 Å². The van der Waals surface area contributed by atoms with Crippen LogP contribution in [-0.4, -0.2) is 20.7 Å². The van der Waals surface area contributed by atoms with E-state index in [9.17, 15) is 9.18 Å². The molecular weight excluding hydrogens is 325 g/mol. The first-order valence-corrected chi connectivity index (χ1v) is 8.65. The van der Waals surface area contributed by atoms with E-state index in [2.05, 4.69) is 21.8 Å². The number of hydrogen-bond donors (Lipinski definition) is 1. The number of hydrogen-bond acceptors (Lipinski definition) is 3. The number of para-hydroxylation sites is 2. The average Bonchev–Trinajstić information content (AvgIpc) is 2.93. The largest absolute Gasteiger partial charge is 0.325 e. The van der Waals surface area contributed by atoms with Gasteiger partial charge in [0.1, 0.15) is 5.82 Å². The Hall–Kier alpha value is -2.34. The number of aromatic nitrogens is 2. The molecule has 4 nitrogen and oxygen atoms in total. The topological polar surface area (TPSA) is 46.9 Å². The Morgan fingerprint density at radius 3 is 2.67 bits per heavy atom. The van der Waals surface area contributed by atoms with Crippen molar-refractivity contribution in [2.45, 2.75) is 30.8 Å². The van der Waals surface area contributed by atoms with Gasteiger partial charge >= 0.3 is 0 Å². The number of anilines is 1. The number of carbonyl (C=O) groups is 1. The molecule has 0 fully saturated rings. The molecule has 1 amide bonds. The predicted molar refractivity (Wildman–Crippen MR) is 95.8 cm³/mol. The smallest absolute Gasteiger partial charge is 0.237 e. The molecule has 0 aliphatic rings. The van der Waals surface area contributed by atoms with Gasteiger partial charge in [0.2, 0.25) is 5.91 Å². The molecule has 2 aromatic carbocycles. The third-order valence-corrected chi connectivity index (χ3v) is 4.79. The van der Waals surface area contributed by atoms with Gasteiger partial charge in [0.05, 0.1) is 16.3 Å². The van der Waals surface area contributed by atoms with Crippen LogP contribution in [0.5, 0.6) is 0 Å². The van der Waals surface area contributed by atoms with E-state index < -0.39 is 0 Å². The van der Waals surface area contributed by atoms with Gasteiger partial charge in [0.25, 0.3) is 0 Å². The third kappa shape index (κ3) is 3.43. The summed E-state index contributed by atoms with van der Waals surface area (Å²) in [4.78, 5) is 17.0. The minimum absolute atomic E-state index is 0.138. The van der Waals surface area contributed by atoms with Crippen LogP contribution in [0.25, 0.3) is 11.0 Å². The van der Waals surface area contributed by atoms with Crippen LogP contribution in [0.1, 0.15) is 13.8 Å². The summed E-state index contributed by atoms with van der Waals surface area (Å²) in [7, 11) is 0.